The number of ether oxygens (including phenoxy) is 1. The Hall–Kier alpha value is -0.610. The molecule has 11 heavy (non-hydrogen) atoms. The highest BCUT2D eigenvalue weighted by Gasteiger charge is 2.14. The molecule has 1 N–H and O–H groups in total. The van der Waals surface area contributed by atoms with Crippen LogP contribution in [0.1, 0.15) is 6.42 Å². The first-order chi connectivity index (χ1) is 5.07. The molecule has 0 aromatic heterocycles. The van der Waals surface area contributed by atoms with E-state index in [9.17, 15) is 4.79 Å². The minimum absolute atomic E-state index is 0.416. The molecule has 66 valence electrons. The predicted molar refractivity (Wildman–Crippen MR) is 41.2 cm³/mol. The molecule has 0 heterocycles. The van der Waals surface area contributed by atoms with Gasteiger partial charge in [0, 0.05) is 6.54 Å². The van der Waals surface area contributed by atoms with E-state index in [0.29, 0.717) is 13.0 Å². The van der Waals surface area contributed by atoms with E-state index in [4.69, 9.17) is 5.11 Å². The summed E-state index contributed by atoms with van der Waals surface area (Å²) in [4.78, 5) is 12.5. The van der Waals surface area contributed by atoms with Crippen molar-refractivity contribution < 1.29 is 14.6 Å². The number of hydrogen-bond donors (Lipinski definition) is 1. The van der Waals surface area contributed by atoms with Gasteiger partial charge in [-0.15, -0.1) is 0 Å². The lowest BCUT2D eigenvalue weighted by Crippen LogP contribution is -2.26. The average Bonchev–Trinajstić information content (AvgIpc) is 1.98. The van der Waals surface area contributed by atoms with Gasteiger partial charge in [0.05, 0.1) is 7.11 Å². The van der Waals surface area contributed by atoms with E-state index in [1.807, 2.05) is 19.0 Å². The molecule has 0 amide bonds. The number of aliphatic hydroxyl groups is 1. The van der Waals surface area contributed by atoms with Gasteiger partial charge in [-0.25, -0.2) is 4.79 Å². The molecule has 0 aliphatic heterocycles. The second-order valence-corrected chi connectivity index (χ2v) is 2.63. The summed E-state index contributed by atoms with van der Waals surface area (Å²) in [7, 11) is 5.02. The Morgan fingerprint density at radius 1 is 1.64 bits per heavy atom. The fourth-order valence-electron chi connectivity index (χ4n) is 0.634. The molecule has 1 atom stereocenters. The second kappa shape index (κ2) is 5.09. The number of rotatable bonds is 4. The molecule has 0 saturated heterocycles. The molecule has 0 spiro atoms. The quantitative estimate of drug-likeness (QED) is 0.563. The summed E-state index contributed by atoms with van der Waals surface area (Å²) in [5, 5.41) is 9.07. The molecule has 1 unspecified atom stereocenters. The van der Waals surface area contributed by atoms with Crippen molar-refractivity contribution >= 4 is 5.97 Å². The van der Waals surface area contributed by atoms with E-state index in [-0.39, 0.29) is 0 Å². The number of methoxy groups -OCH3 is 1. The van der Waals surface area contributed by atoms with Crippen molar-refractivity contribution in [2.75, 3.05) is 27.7 Å². The summed E-state index contributed by atoms with van der Waals surface area (Å²) in [5.41, 5.74) is 0. The normalized spacial score (nSPS) is 13.2. The Bertz CT molecular complexity index is 125. The molecule has 0 aliphatic carbocycles. The third kappa shape index (κ3) is 4.75. The molecule has 0 saturated carbocycles. The SMILES string of the molecule is COC(=O)C(O)CCN(C)C. The third-order valence-corrected chi connectivity index (χ3v) is 1.32. The van der Waals surface area contributed by atoms with Crippen molar-refractivity contribution in [3.63, 3.8) is 0 Å². The Morgan fingerprint density at radius 2 is 2.18 bits per heavy atom. The van der Waals surface area contributed by atoms with Crippen LogP contribution in [0.3, 0.4) is 0 Å². The van der Waals surface area contributed by atoms with E-state index in [1.165, 1.54) is 7.11 Å². The minimum Gasteiger partial charge on any atom is -0.467 e. The fourth-order valence-corrected chi connectivity index (χ4v) is 0.634. The molecule has 0 rings (SSSR count). The lowest BCUT2D eigenvalue weighted by Gasteiger charge is -2.11. The largest absolute Gasteiger partial charge is 0.467 e. The van der Waals surface area contributed by atoms with Gasteiger partial charge < -0.3 is 14.7 Å². The Morgan fingerprint density at radius 3 is 2.55 bits per heavy atom. The van der Waals surface area contributed by atoms with E-state index in [2.05, 4.69) is 4.74 Å². The van der Waals surface area contributed by atoms with Crippen LogP contribution in [0.2, 0.25) is 0 Å². The van der Waals surface area contributed by atoms with Gasteiger partial charge in [0.15, 0.2) is 6.10 Å². The fraction of sp³-hybridized carbons (Fsp3) is 0.857. The third-order valence-electron chi connectivity index (χ3n) is 1.32. The molecule has 0 aromatic carbocycles. The average molecular weight is 161 g/mol. The predicted octanol–water partition coefficient (Wildman–Crippen LogP) is -0.528. The summed E-state index contributed by atoms with van der Waals surface area (Å²) >= 11 is 0. The van der Waals surface area contributed by atoms with Crippen LogP contribution in [0.4, 0.5) is 0 Å². The Kier molecular flexibility index (Phi) is 4.81. The summed E-state index contributed by atoms with van der Waals surface area (Å²) < 4.78 is 4.34. The molecule has 0 fully saturated rings. The van der Waals surface area contributed by atoms with Gasteiger partial charge in [-0.2, -0.15) is 0 Å². The summed E-state index contributed by atoms with van der Waals surface area (Å²) in [6.45, 7) is 0.677. The molecule has 4 nitrogen and oxygen atoms in total. The van der Waals surface area contributed by atoms with Gasteiger partial charge in [-0.3, -0.25) is 0 Å². The van der Waals surface area contributed by atoms with Gasteiger partial charge in [0.25, 0.3) is 0 Å². The Labute approximate surface area is 66.8 Å². The van der Waals surface area contributed by atoms with Gasteiger partial charge in [-0.1, -0.05) is 0 Å². The first-order valence-electron chi connectivity index (χ1n) is 3.48. The zero-order chi connectivity index (χ0) is 8.85. The Balaban J connectivity index is 3.52. The van der Waals surface area contributed by atoms with Crippen LogP contribution in [0.5, 0.6) is 0 Å². The summed E-state index contributed by atoms with van der Waals surface area (Å²) in [6, 6.07) is 0. The molecular formula is C7H15NO3. The molecule has 4 heteroatoms. The zero-order valence-corrected chi connectivity index (χ0v) is 7.20. The zero-order valence-electron chi connectivity index (χ0n) is 7.20. The van der Waals surface area contributed by atoms with Gasteiger partial charge in [0.2, 0.25) is 0 Å². The summed E-state index contributed by atoms with van der Waals surface area (Å²) in [6.07, 6.45) is -0.568. The number of carbonyl (C=O) groups excluding carboxylic acids is 1. The van der Waals surface area contributed by atoms with Crippen LogP contribution in [0.15, 0.2) is 0 Å². The van der Waals surface area contributed by atoms with E-state index in [1.54, 1.807) is 0 Å². The summed E-state index contributed by atoms with van der Waals surface area (Å²) in [5.74, 6) is -0.563. The van der Waals surface area contributed by atoms with E-state index in [0.717, 1.165) is 0 Å². The maximum atomic E-state index is 10.6. The van der Waals surface area contributed by atoms with Gasteiger partial charge in [-0.05, 0) is 20.5 Å². The number of nitrogens with zero attached hydrogens (tertiary/aromatic N) is 1. The van der Waals surface area contributed by atoms with E-state index < -0.39 is 12.1 Å². The monoisotopic (exact) mass is 161 g/mol. The maximum Gasteiger partial charge on any atom is 0.334 e. The van der Waals surface area contributed by atoms with Crippen LogP contribution in [-0.4, -0.2) is 49.8 Å². The van der Waals surface area contributed by atoms with Crippen molar-refractivity contribution in [1.82, 2.24) is 4.90 Å². The second-order valence-electron chi connectivity index (χ2n) is 2.63. The van der Waals surface area contributed by atoms with Crippen LogP contribution >= 0.6 is 0 Å². The van der Waals surface area contributed by atoms with Crippen molar-refractivity contribution in [2.24, 2.45) is 0 Å². The molecule has 0 bridgehead atoms. The number of carbonyl (C=O) groups is 1. The molecule has 0 aromatic rings. The standard InChI is InChI=1S/C7H15NO3/c1-8(2)5-4-6(9)7(10)11-3/h6,9H,4-5H2,1-3H3. The number of hydrogen-bond acceptors (Lipinski definition) is 4. The van der Waals surface area contributed by atoms with Crippen molar-refractivity contribution in [1.29, 1.82) is 0 Å². The molecule has 0 radical (unpaired) electrons. The first-order valence-corrected chi connectivity index (χ1v) is 3.48. The number of esters is 1. The van der Waals surface area contributed by atoms with Crippen molar-refractivity contribution in [2.45, 2.75) is 12.5 Å². The van der Waals surface area contributed by atoms with Gasteiger partial charge >= 0.3 is 5.97 Å². The lowest BCUT2D eigenvalue weighted by molar-refractivity contribution is -0.150. The lowest BCUT2D eigenvalue weighted by atomic mass is 10.2. The van der Waals surface area contributed by atoms with Crippen LogP contribution in [-0.2, 0) is 9.53 Å². The highest BCUT2D eigenvalue weighted by molar-refractivity contribution is 5.74. The first kappa shape index (κ1) is 10.4. The highest BCUT2D eigenvalue weighted by Crippen LogP contribution is 1.94. The highest BCUT2D eigenvalue weighted by atomic mass is 16.5. The van der Waals surface area contributed by atoms with Crippen LogP contribution in [0.25, 0.3) is 0 Å². The number of aliphatic hydroxyl groups excluding tert-OH is 1. The molecule has 0 aliphatic rings. The molecular weight excluding hydrogens is 146 g/mol. The topological polar surface area (TPSA) is 49.8 Å². The van der Waals surface area contributed by atoms with Crippen LogP contribution in [0, 0.1) is 0 Å². The van der Waals surface area contributed by atoms with Crippen molar-refractivity contribution in [3.05, 3.63) is 0 Å². The maximum absolute atomic E-state index is 10.6. The van der Waals surface area contributed by atoms with E-state index >= 15 is 0 Å². The van der Waals surface area contributed by atoms with Crippen LogP contribution < -0.4 is 0 Å². The minimum atomic E-state index is -0.984. The smallest absolute Gasteiger partial charge is 0.334 e. The van der Waals surface area contributed by atoms with Gasteiger partial charge in [0.1, 0.15) is 0 Å². The van der Waals surface area contributed by atoms with Crippen molar-refractivity contribution in [3.8, 4) is 0 Å².